The van der Waals surface area contributed by atoms with E-state index in [1.165, 1.54) is 0 Å². The number of nitrogens with zero attached hydrogens (tertiary/aromatic N) is 2. The van der Waals surface area contributed by atoms with E-state index in [9.17, 15) is 4.79 Å². The van der Waals surface area contributed by atoms with Crippen molar-refractivity contribution in [2.24, 2.45) is 10.7 Å². The van der Waals surface area contributed by atoms with Crippen molar-refractivity contribution in [1.82, 2.24) is 0 Å². The van der Waals surface area contributed by atoms with Crippen molar-refractivity contribution in [2.45, 2.75) is 5.37 Å². The van der Waals surface area contributed by atoms with Gasteiger partial charge in [-0.05, 0) is 60.0 Å². The highest BCUT2D eigenvalue weighted by molar-refractivity contribution is 8.03. The van der Waals surface area contributed by atoms with Gasteiger partial charge in [-0.1, -0.05) is 0 Å². The maximum Gasteiger partial charge on any atom is 0.323 e. The topological polar surface area (TPSA) is 92.0 Å². The van der Waals surface area contributed by atoms with Gasteiger partial charge in [0.25, 0.3) is 0 Å². The van der Waals surface area contributed by atoms with Crippen LogP contribution in [0.5, 0.6) is 5.75 Å². The Kier molecular flexibility index (Phi) is 4.94. The summed E-state index contributed by atoms with van der Waals surface area (Å²) in [7, 11) is 1.60. The van der Waals surface area contributed by atoms with Crippen LogP contribution in [0.25, 0.3) is 0 Å². The second-order valence-corrected chi connectivity index (χ2v) is 7.13. The van der Waals surface area contributed by atoms with Gasteiger partial charge in [-0.25, -0.2) is 9.79 Å². The standard InChI is InChI=1S/C20H19N5O2S/c1-27-16-8-4-14(5-9-16)24-20(26)23-13-2-6-15(7-3-13)25-12-22-18(21)17-10-11-28-19(17)25/h2-12,19H,21H2,1H3,(H2,23,24,26). The summed E-state index contributed by atoms with van der Waals surface area (Å²) >= 11 is 1.68. The summed E-state index contributed by atoms with van der Waals surface area (Å²) in [5, 5.41) is 7.72. The summed E-state index contributed by atoms with van der Waals surface area (Å²) < 4.78 is 5.11. The lowest BCUT2D eigenvalue weighted by atomic mass is 10.2. The average molecular weight is 393 g/mol. The Morgan fingerprint density at radius 3 is 2.39 bits per heavy atom. The number of anilines is 3. The Labute approximate surface area is 167 Å². The number of hydrogen-bond donors (Lipinski definition) is 3. The van der Waals surface area contributed by atoms with Gasteiger partial charge in [0.2, 0.25) is 0 Å². The molecule has 2 aromatic rings. The number of ether oxygens (including phenoxy) is 1. The molecule has 0 aliphatic carbocycles. The van der Waals surface area contributed by atoms with Crippen LogP contribution < -0.4 is 26.0 Å². The first-order chi connectivity index (χ1) is 13.6. The van der Waals surface area contributed by atoms with E-state index in [0.29, 0.717) is 17.2 Å². The van der Waals surface area contributed by atoms with Gasteiger partial charge in [-0.3, -0.25) is 0 Å². The minimum atomic E-state index is -0.314. The van der Waals surface area contributed by atoms with Crippen molar-refractivity contribution in [3.8, 4) is 5.75 Å². The van der Waals surface area contributed by atoms with E-state index in [0.717, 1.165) is 17.0 Å². The molecular formula is C20H19N5O2S. The molecule has 4 rings (SSSR count). The van der Waals surface area contributed by atoms with Gasteiger partial charge >= 0.3 is 6.03 Å². The largest absolute Gasteiger partial charge is 0.497 e. The Morgan fingerprint density at radius 2 is 1.75 bits per heavy atom. The number of amides is 2. The van der Waals surface area contributed by atoms with Crippen LogP contribution in [0.4, 0.5) is 21.9 Å². The van der Waals surface area contributed by atoms with E-state index >= 15 is 0 Å². The molecule has 7 nitrogen and oxygen atoms in total. The number of carbonyl (C=O) groups excluding carboxylic acids is 1. The number of aliphatic imine (C=N–C) groups is 1. The normalized spacial score (nSPS) is 17.5. The Hall–Kier alpha value is -3.39. The number of nitrogens with one attached hydrogen (secondary N) is 2. The van der Waals surface area contributed by atoms with E-state index in [1.807, 2.05) is 35.7 Å². The number of nitrogens with two attached hydrogens (primary N) is 1. The third kappa shape index (κ3) is 3.67. The SMILES string of the molecule is COc1ccc(NC(=O)Nc2ccc(N3C=NC(N)=C4C=CSC43)cc2)cc1. The van der Waals surface area contributed by atoms with Crippen LogP contribution in [0.15, 0.2) is 76.4 Å². The Balaban J connectivity index is 1.39. The van der Waals surface area contributed by atoms with Crippen molar-refractivity contribution in [1.29, 1.82) is 0 Å². The molecule has 0 spiro atoms. The fourth-order valence-corrected chi connectivity index (χ4v) is 3.94. The quantitative estimate of drug-likeness (QED) is 0.732. The second-order valence-electron chi connectivity index (χ2n) is 6.14. The molecule has 2 aromatic carbocycles. The van der Waals surface area contributed by atoms with Crippen molar-refractivity contribution < 1.29 is 9.53 Å². The maximum atomic E-state index is 12.2. The average Bonchev–Trinajstić information content (AvgIpc) is 3.20. The lowest BCUT2D eigenvalue weighted by molar-refractivity contribution is 0.262. The highest BCUT2D eigenvalue weighted by Crippen LogP contribution is 2.37. The summed E-state index contributed by atoms with van der Waals surface area (Å²) in [6.45, 7) is 0. The summed E-state index contributed by atoms with van der Waals surface area (Å²) in [4.78, 5) is 18.5. The van der Waals surface area contributed by atoms with Gasteiger partial charge in [0, 0.05) is 22.6 Å². The predicted molar refractivity (Wildman–Crippen MR) is 115 cm³/mol. The first-order valence-electron chi connectivity index (χ1n) is 8.60. The molecule has 0 saturated carbocycles. The molecule has 28 heavy (non-hydrogen) atoms. The van der Waals surface area contributed by atoms with Crippen LogP contribution in [0, 0.1) is 0 Å². The molecule has 0 bridgehead atoms. The third-order valence-corrected chi connectivity index (χ3v) is 5.39. The summed E-state index contributed by atoms with van der Waals surface area (Å²) in [6.07, 6.45) is 3.73. The molecule has 0 radical (unpaired) electrons. The molecule has 2 amide bonds. The molecule has 0 aromatic heterocycles. The molecular weight excluding hydrogens is 374 g/mol. The molecule has 142 valence electrons. The van der Waals surface area contributed by atoms with Crippen molar-refractivity contribution in [2.75, 3.05) is 22.6 Å². The number of hydrogen-bond acceptors (Lipinski definition) is 6. The Morgan fingerprint density at radius 1 is 1.11 bits per heavy atom. The first kappa shape index (κ1) is 18.0. The number of fused-ring (bicyclic) bond motifs is 1. The fraction of sp³-hybridized carbons (Fsp3) is 0.100. The molecule has 0 saturated heterocycles. The minimum Gasteiger partial charge on any atom is -0.497 e. The third-order valence-electron chi connectivity index (χ3n) is 4.36. The van der Waals surface area contributed by atoms with Crippen LogP contribution in [0.1, 0.15) is 0 Å². The Bertz CT molecular complexity index is 967. The number of rotatable bonds is 4. The number of methoxy groups -OCH3 is 1. The van der Waals surface area contributed by atoms with Gasteiger partial charge in [0.05, 0.1) is 13.4 Å². The number of urea groups is 1. The summed E-state index contributed by atoms with van der Waals surface area (Å²) in [6, 6.07) is 14.4. The van der Waals surface area contributed by atoms with Gasteiger partial charge in [-0.2, -0.15) is 0 Å². The molecule has 8 heteroatoms. The molecule has 2 aliphatic rings. The zero-order valence-corrected chi connectivity index (χ0v) is 15.9. The smallest absolute Gasteiger partial charge is 0.323 e. The van der Waals surface area contributed by atoms with Crippen molar-refractivity contribution >= 4 is 41.2 Å². The van der Waals surface area contributed by atoms with Gasteiger partial charge in [0.15, 0.2) is 0 Å². The van der Waals surface area contributed by atoms with Crippen molar-refractivity contribution in [3.05, 3.63) is 71.4 Å². The van der Waals surface area contributed by atoms with Crippen LogP contribution in [-0.2, 0) is 0 Å². The van der Waals surface area contributed by atoms with E-state index in [1.54, 1.807) is 49.5 Å². The molecule has 4 N–H and O–H groups in total. The van der Waals surface area contributed by atoms with Crippen LogP contribution in [0.2, 0.25) is 0 Å². The predicted octanol–water partition coefficient (Wildman–Crippen LogP) is 3.94. The number of benzene rings is 2. The van der Waals surface area contributed by atoms with Gasteiger partial charge < -0.3 is 26.0 Å². The van der Waals surface area contributed by atoms with E-state index in [4.69, 9.17) is 10.5 Å². The van der Waals surface area contributed by atoms with E-state index in [2.05, 4.69) is 20.5 Å². The number of carbonyl (C=O) groups is 1. The van der Waals surface area contributed by atoms with Crippen LogP contribution in [0.3, 0.4) is 0 Å². The molecule has 1 unspecified atom stereocenters. The monoisotopic (exact) mass is 393 g/mol. The van der Waals surface area contributed by atoms with Crippen LogP contribution in [-0.4, -0.2) is 24.9 Å². The van der Waals surface area contributed by atoms with Gasteiger partial charge in [0.1, 0.15) is 16.9 Å². The van der Waals surface area contributed by atoms with E-state index < -0.39 is 0 Å². The fourth-order valence-electron chi connectivity index (χ4n) is 2.92. The van der Waals surface area contributed by atoms with Crippen LogP contribution >= 0.6 is 11.8 Å². The zero-order chi connectivity index (χ0) is 19.5. The zero-order valence-electron chi connectivity index (χ0n) is 15.1. The lowest BCUT2D eigenvalue weighted by Gasteiger charge is -2.30. The van der Waals surface area contributed by atoms with Crippen molar-refractivity contribution in [3.63, 3.8) is 0 Å². The summed E-state index contributed by atoms with van der Waals surface area (Å²) in [5.74, 6) is 1.29. The second kappa shape index (κ2) is 7.69. The highest BCUT2D eigenvalue weighted by Gasteiger charge is 2.28. The minimum absolute atomic E-state index is 0.0923. The van der Waals surface area contributed by atoms with E-state index in [-0.39, 0.29) is 11.4 Å². The molecule has 1 atom stereocenters. The maximum absolute atomic E-state index is 12.2. The summed E-state index contributed by atoms with van der Waals surface area (Å²) in [5.41, 5.74) is 9.30. The molecule has 0 fully saturated rings. The first-order valence-corrected chi connectivity index (χ1v) is 9.54. The molecule has 2 aliphatic heterocycles. The lowest BCUT2D eigenvalue weighted by Crippen LogP contribution is -2.35. The highest BCUT2D eigenvalue weighted by atomic mass is 32.2. The van der Waals surface area contributed by atoms with Gasteiger partial charge in [-0.15, -0.1) is 11.8 Å². The number of thioether (sulfide) groups is 1. The molecule has 2 heterocycles.